The maximum Gasteiger partial charge on any atom is 0.328 e. The molecule has 2 rings (SSSR count). The smallest absolute Gasteiger partial charge is 0.328 e. The number of carbonyl (C=O) groups is 1. The highest BCUT2D eigenvalue weighted by atomic mass is 16.4. The molecule has 1 N–H and O–H groups in total. The molecular weight excluding hydrogens is 226 g/mol. The fraction of sp³-hybridized carbons (Fsp3) is 0.133. The predicted octanol–water partition coefficient (Wildman–Crippen LogP) is 3.06. The average molecular weight is 241 g/mol. The predicted molar refractivity (Wildman–Crippen MR) is 73.4 cm³/mol. The van der Waals surface area contributed by atoms with Crippen molar-refractivity contribution in [2.24, 2.45) is 0 Å². The molecule has 0 atom stereocenters. The third kappa shape index (κ3) is 2.51. The Kier molecular flexibility index (Phi) is 3.63. The Morgan fingerprint density at radius 2 is 2.11 bits per heavy atom. The summed E-state index contributed by atoms with van der Waals surface area (Å²) < 4.78 is 0. The van der Waals surface area contributed by atoms with Crippen LogP contribution in [0.5, 0.6) is 0 Å². The summed E-state index contributed by atoms with van der Waals surface area (Å²) in [6.07, 6.45) is 8.54. The molecule has 0 unspecified atom stereocenters. The molecule has 1 aliphatic rings. The number of allylic oxidation sites excluding steroid dienone is 3. The third-order valence-electron chi connectivity index (χ3n) is 2.79. The molecular formula is C15H15NO2. The third-order valence-corrected chi connectivity index (χ3v) is 2.79. The Balaban J connectivity index is 2.33. The summed E-state index contributed by atoms with van der Waals surface area (Å²) in [6.45, 7) is 2.92. The zero-order valence-corrected chi connectivity index (χ0v) is 10.2. The molecule has 0 fully saturated rings. The van der Waals surface area contributed by atoms with E-state index in [9.17, 15) is 4.79 Å². The van der Waals surface area contributed by atoms with Crippen molar-refractivity contribution in [3.8, 4) is 0 Å². The molecule has 18 heavy (non-hydrogen) atoms. The van der Waals surface area contributed by atoms with Gasteiger partial charge in [0.15, 0.2) is 0 Å². The molecule has 0 aliphatic carbocycles. The van der Waals surface area contributed by atoms with E-state index in [4.69, 9.17) is 5.11 Å². The first-order valence-corrected chi connectivity index (χ1v) is 5.88. The Morgan fingerprint density at radius 1 is 1.33 bits per heavy atom. The number of rotatable bonds is 3. The average Bonchev–Trinajstić information content (AvgIpc) is 2.38. The lowest BCUT2D eigenvalue weighted by Crippen LogP contribution is -2.23. The largest absolute Gasteiger partial charge is 0.478 e. The van der Waals surface area contributed by atoms with Crippen molar-refractivity contribution in [1.29, 1.82) is 0 Å². The molecule has 3 heteroatoms. The Labute approximate surface area is 106 Å². The molecule has 0 spiro atoms. The van der Waals surface area contributed by atoms with Gasteiger partial charge in [-0.3, -0.25) is 0 Å². The van der Waals surface area contributed by atoms with E-state index in [1.165, 1.54) is 5.56 Å². The first kappa shape index (κ1) is 12.2. The molecule has 0 aromatic heterocycles. The van der Waals surface area contributed by atoms with Gasteiger partial charge in [0.05, 0.1) is 0 Å². The summed E-state index contributed by atoms with van der Waals surface area (Å²) in [5, 5.41) is 8.58. The molecule has 0 bridgehead atoms. The van der Waals surface area contributed by atoms with Crippen molar-refractivity contribution in [3.05, 3.63) is 59.8 Å². The van der Waals surface area contributed by atoms with E-state index in [1.54, 1.807) is 6.08 Å². The molecule has 1 aliphatic heterocycles. The summed E-state index contributed by atoms with van der Waals surface area (Å²) in [6, 6.07) is 8.15. The van der Waals surface area contributed by atoms with E-state index < -0.39 is 5.97 Å². The van der Waals surface area contributed by atoms with Crippen molar-refractivity contribution >= 4 is 17.7 Å². The Morgan fingerprint density at radius 3 is 2.83 bits per heavy atom. The van der Waals surface area contributed by atoms with Gasteiger partial charge < -0.3 is 10.0 Å². The molecule has 1 heterocycles. The van der Waals surface area contributed by atoms with Crippen LogP contribution in [0.1, 0.15) is 12.5 Å². The fourth-order valence-corrected chi connectivity index (χ4v) is 2.01. The number of hydrogen-bond donors (Lipinski definition) is 1. The summed E-state index contributed by atoms with van der Waals surface area (Å²) in [5.74, 6) is -0.935. The van der Waals surface area contributed by atoms with Gasteiger partial charge in [0.1, 0.15) is 0 Å². The Bertz CT molecular complexity index is 541. The van der Waals surface area contributed by atoms with Gasteiger partial charge in [-0.15, -0.1) is 0 Å². The molecule has 0 saturated carbocycles. The van der Waals surface area contributed by atoms with E-state index in [2.05, 4.69) is 24.0 Å². The van der Waals surface area contributed by atoms with Crippen LogP contribution < -0.4 is 4.90 Å². The number of aliphatic carboxylic acids is 1. The summed E-state index contributed by atoms with van der Waals surface area (Å²) in [7, 11) is 0. The lowest BCUT2D eigenvalue weighted by atomic mass is 10.1. The molecule has 0 amide bonds. The van der Waals surface area contributed by atoms with Crippen molar-refractivity contribution in [1.82, 2.24) is 0 Å². The minimum Gasteiger partial charge on any atom is -0.478 e. The second kappa shape index (κ2) is 5.36. The van der Waals surface area contributed by atoms with Crippen LogP contribution in [-0.2, 0) is 4.79 Å². The number of carboxylic acid groups (broad SMARTS) is 1. The Hall–Kier alpha value is -2.29. The van der Waals surface area contributed by atoms with Crippen LogP contribution >= 0.6 is 0 Å². The van der Waals surface area contributed by atoms with Crippen molar-refractivity contribution in [3.63, 3.8) is 0 Å². The number of likely N-dealkylation sites (N-methyl/N-ethyl adjacent to an activating group) is 1. The van der Waals surface area contributed by atoms with Gasteiger partial charge in [-0.05, 0) is 30.7 Å². The highest BCUT2D eigenvalue weighted by Gasteiger charge is 2.14. The van der Waals surface area contributed by atoms with Gasteiger partial charge >= 0.3 is 5.97 Å². The molecule has 1 aromatic rings. The van der Waals surface area contributed by atoms with Gasteiger partial charge in [-0.1, -0.05) is 30.4 Å². The molecule has 3 nitrogen and oxygen atoms in total. The van der Waals surface area contributed by atoms with E-state index in [0.29, 0.717) is 0 Å². The quantitative estimate of drug-likeness (QED) is 0.827. The highest BCUT2D eigenvalue weighted by molar-refractivity contribution is 5.80. The molecule has 0 radical (unpaired) electrons. The van der Waals surface area contributed by atoms with Crippen molar-refractivity contribution in [2.45, 2.75) is 6.92 Å². The number of fused-ring (bicyclic) bond motifs is 1. The first-order valence-electron chi connectivity index (χ1n) is 5.88. The van der Waals surface area contributed by atoms with Crippen LogP contribution in [0, 0.1) is 0 Å². The number of carboxylic acids is 1. The van der Waals surface area contributed by atoms with E-state index in [0.717, 1.165) is 24.0 Å². The first-order chi connectivity index (χ1) is 8.72. The van der Waals surface area contributed by atoms with Crippen LogP contribution in [0.15, 0.2) is 54.3 Å². The van der Waals surface area contributed by atoms with Crippen molar-refractivity contribution < 1.29 is 9.90 Å². The van der Waals surface area contributed by atoms with Gasteiger partial charge in [0.25, 0.3) is 0 Å². The monoisotopic (exact) mass is 241 g/mol. The van der Waals surface area contributed by atoms with Crippen molar-refractivity contribution in [2.75, 3.05) is 11.4 Å². The maximum absolute atomic E-state index is 10.4. The fourth-order valence-electron chi connectivity index (χ4n) is 2.01. The topological polar surface area (TPSA) is 40.5 Å². The number of para-hydroxylation sites is 1. The van der Waals surface area contributed by atoms with Gasteiger partial charge in [0.2, 0.25) is 0 Å². The van der Waals surface area contributed by atoms with E-state index in [1.807, 2.05) is 30.4 Å². The number of hydrogen-bond acceptors (Lipinski definition) is 2. The van der Waals surface area contributed by atoms with Crippen LogP contribution in [-0.4, -0.2) is 17.6 Å². The highest BCUT2D eigenvalue weighted by Crippen LogP contribution is 2.30. The SMILES string of the molecule is CCN1C(=CC=CC(=O)O)C=Cc2ccccc21. The summed E-state index contributed by atoms with van der Waals surface area (Å²) >= 11 is 0. The van der Waals surface area contributed by atoms with Gasteiger partial charge in [-0.25, -0.2) is 4.79 Å². The van der Waals surface area contributed by atoms with Gasteiger partial charge in [0, 0.05) is 24.0 Å². The van der Waals surface area contributed by atoms with Crippen LogP contribution in [0.4, 0.5) is 5.69 Å². The van der Waals surface area contributed by atoms with E-state index in [-0.39, 0.29) is 0 Å². The van der Waals surface area contributed by atoms with E-state index >= 15 is 0 Å². The zero-order chi connectivity index (χ0) is 13.0. The molecule has 1 aromatic carbocycles. The minimum absolute atomic E-state index is 0.841. The van der Waals surface area contributed by atoms with Crippen LogP contribution in [0.3, 0.4) is 0 Å². The normalized spacial score (nSPS) is 16.3. The van der Waals surface area contributed by atoms with Gasteiger partial charge in [-0.2, -0.15) is 0 Å². The number of benzene rings is 1. The van der Waals surface area contributed by atoms with Crippen LogP contribution in [0.25, 0.3) is 6.08 Å². The number of anilines is 1. The maximum atomic E-state index is 10.4. The van der Waals surface area contributed by atoms with Crippen LogP contribution in [0.2, 0.25) is 0 Å². The summed E-state index contributed by atoms with van der Waals surface area (Å²) in [5.41, 5.74) is 3.32. The second-order valence-corrected chi connectivity index (χ2v) is 3.93. The lowest BCUT2D eigenvalue weighted by Gasteiger charge is -2.29. The minimum atomic E-state index is -0.935. The second-order valence-electron chi connectivity index (χ2n) is 3.93. The molecule has 92 valence electrons. The summed E-state index contributed by atoms with van der Waals surface area (Å²) in [4.78, 5) is 12.6. The number of nitrogens with zero attached hydrogens (tertiary/aromatic N) is 1. The standard InChI is InChI=1S/C15H15NO2/c1-2-16-13(7-5-9-15(17)18)11-10-12-6-3-4-8-14(12)16/h3-11H,2H2,1H3,(H,17,18). The molecule has 0 saturated heterocycles. The zero-order valence-electron chi connectivity index (χ0n) is 10.2. The lowest BCUT2D eigenvalue weighted by molar-refractivity contribution is -0.131.